The van der Waals surface area contributed by atoms with Crippen LogP contribution >= 0.6 is 11.6 Å². The number of halogens is 2. The molecule has 0 saturated carbocycles. The zero-order valence-electron chi connectivity index (χ0n) is 16.9. The fourth-order valence-electron chi connectivity index (χ4n) is 3.46. The first-order valence-electron chi connectivity index (χ1n) is 9.55. The molecule has 0 radical (unpaired) electrons. The van der Waals surface area contributed by atoms with Gasteiger partial charge >= 0.3 is 0 Å². The lowest BCUT2D eigenvalue weighted by molar-refractivity contribution is 0.101. The van der Waals surface area contributed by atoms with Crippen LogP contribution in [0.3, 0.4) is 0 Å². The molecule has 0 N–H and O–H groups in total. The van der Waals surface area contributed by atoms with Crippen LogP contribution in [0.4, 0.5) is 4.39 Å². The van der Waals surface area contributed by atoms with Crippen LogP contribution in [0.5, 0.6) is 11.5 Å². The second-order valence-electron chi connectivity index (χ2n) is 7.41. The number of Topliss-reactive ketones (excluding diaryl/α,β-unsaturated/α-hetero) is 1. The van der Waals surface area contributed by atoms with Crippen LogP contribution in [0.15, 0.2) is 54.3 Å². The summed E-state index contributed by atoms with van der Waals surface area (Å²) in [6.07, 6.45) is 1.34. The first-order chi connectivity index (χ1) is 14.3. The molecule has 1 heterocycles. The lowest BCUT2D eigenvalue weighted by atomic mass is 10.0. The quantitative estimate of drug-likeness (QED) is 0.444. The third-order valence-electron chi connectivity index (χ3n) is 5.12. The SMILES string of the molecule is Cc1ccc(C)c(COc2cc(C)c3c(c2)O/C(=C\c2c(F)cccc2Cl)C3=O)c1. The number of allylic oxidation sites excluding steroid dienone is 1. The summed E-state index contributed by atoms with van der Waals surface area (Å²) >= 11 is 6.08. The number of benzene rings is 3. The molecule has 0 aromatic heterocycles. The molecule has 1 aliphatic rings. The second-order valence-corrected chi connectivity index (χ2v) is 7.81. The average Bonchev–Trinajstić information content (AvgIpc) is 3.01. The molecule has 0 bridgehead atoms. The predicted octanol–water partition coefficient (Wildman–Crippen LogP) is 6.60. The Balaban J connectivity index is 1.61. The summed E-state index contributed by atoms with van der Waals surface area (Å²) in [4.78, 5) is 12.8. The summed E-state index contributed by atoms with van der Waals surface area (Å²) in [5.41, 5.74) is 4.72. The molecule has 0 fully saturated rings. The van der Waals surface area contributed by atoms with Crippen molar-refractivity contribution in [3.63, 3.8) is 0 Å². The molecule has 0 saturated heterocycles. The zero-order valence-corrected chi connectivity index (χ0v) is 17.6. The normalized spacial score (nSPS) is 14.0. The van der Waals surface area contributed by atoms with Crippen molar-refractivity contribution in [2.45, 2.75) is 27.4 Å². The number of ether oxygens (including phenoxy) is 2. The van der Waals surface area contributed by atoms with Gasteiger partial charge in [0.2, 0.25) is 5.78 Å². The van der Waals surface area contributed by atoms with Gasteiger partial charge in [0.15, 0.2) is 5.76 Å². The van der Waals surface area contributed by atoms with E-state index in [0.717, 1.165) is 16.7 Å². The number of carbonyl (C=O) groups excluding carboxylic acids is 1. The monoisotopic (exact) mass is 422 g/mol. The standard InChI is InChI=1S/C25H20ClFO3/c1-14-7-8-15(2)17(9-14)13-29-18-10-16(3)24-22(11-18)30-23(25(24)28)12-19-20(26)5-4-6-21(19)27/h4-12H,13H2,1-3H3/b23-12-. The van der Waals surface area contributed by atoms with E-state index in [-0.39, 0.29) is 22.1 Å². The molecule has 3 aromatic rings. The molecule has 0 aliphatic carbocycles. The van der Waals surface area contributed by atoms with E-state index in [1.165, 1.54) is 23.8 Å². The number of carbonyl (C=O) groups is 1. The highest BCUT2D eigenvalue weighted by molar-refractivity contribution is 6.32. The fourth-order valence-corrected chi connectivity index (χ4v) is 3.67. The van der Waals surface area contributed by atoms with Crippen molar-refractivity contribution in [2.75, 3.05) is 0 Å². The average molecular weight is 423 g/mol. The maximum absolute atomic E-state index is 14.1. The maximum Gasteiger partial charge on any atom is 0.232 e. The smallest absolute Gasteiger partial charge is 0.232 e. The number of hydrogen-bond donors (Lipinski definition) is 0. The van der Waals surface area contributed by atoms with E-state index in [1.54, 1.807) is 12.1 Å². The number of hydrogen-bond acceptors (Lipinski definition) is 3. The Morgan fingerprint density at radius 3 is 2.63 bits per heavy atom. The molecule has 0 atom stereocenters. The van der Waals surface area contributed by atoms with Crippen molar-refractivity contribution in [1.29, 1.82) is 0 Å². The van der Waals surface area contributed by atoms with Crippen LogP contribution in [-0.4, -0.2) is 5.78 Å². The lowest BCUT2D eigenvalue weighted by Crippen LogP contribution is -2.01. The Kier molecular flexibility index (Phi) is 5.35. The molecule has 30 heavy (non-hydrogen) atoms. The molecule has 4 rings (SSSR count). The highest BCUT2D eigenvalue weighted by Crippen LogP contribution is 2.38. The van der Waals surface area contributed by atoms with Gasteiger partial charge in [0.1, 0.15) is 23.9 Å². The molecule has 3 nitrogen and oxygen atoms in total. The third kappa shape index (κ3) is 3.83. The highest BCUT2D eigenvalue weighted by Gasteiger charge is 2.30. The van der Waals surface area contributed by atoms with Crippen molar-refractivity contribution in [3.05, 3.63) is 98.5 Å². The van der Waals surface area contributed by atoms with E-state index in [0.29, 0.717) is 23.7 Å². The Morgan fingerprint density at radius 2 is 1.87 bits per heavy atom. The van der Waals surface area contributed by atoms with Gasteiger partial charge in [-0.1, -0.05) is 41.4 Å². The summed E-state index contributed by atoms with van der Waals surface area (Å²) in [5.74, 6) is 0.214. The van der Waals surface area contributed by atoms with E-state index in [1.807, 2.05) is 26.8 Å². The predicted molar refractivity (Wildman–Crippen MR) is 116 cm³/mol. The van der Waals surface area contributed by atoms with Crippen LogP contribution in [0, 0.1) is 26.6 Å². The minimum atomic E-state index is -0.517. The van der Waals surface area contributed by atoms with Gasteiger partial charge in [-0.3, -0.25) is 4.79 Å². The summed E-state index contributed by atoms with van der Waals surface area (Å²) in [6, 6.07) is 14.1. The Morgan fingerprint density at radius 1 is 1.07 bits per heavy atom. The molecule has 1 aliphatic heterocycles. The van der Waals surface area contributed by atoms with E-state index in [4.69, 9.17) is 21.1 Å². The van der Waals surface area contributed by atoms with E-state index in [9.17, 15) is 9.18 Å². The van der Waals surface area contributed by atoms with Crippen molar-refractivity contribution in [1.82, 2.24) is 0 Å². The third-order valence-corrected chi connectivity index (χ3v) is 5.45. The van der Waals surface area contributed by atoms with Gasteiger partial charge in [-0.25, -0.2) is 4.39 Å². The number of fused-ring (bicyclic) bond motifs is 1. The van der Waals surface area contributed by atoms with E-state index < -0.39 is 5.82 Å². The van der Waals surface area contributed by atoms with Crippen molar-refractivity contribution >= 4 is 23.5 Å². The van der Waals surface area contributed by atoms with Crippen LogP contribution < -0.4 is 9.47 Å². The van der Waals surface area contributed by atoms with Gasteiger partial charge in [0, 0.05) is 11.6 Å². The van der Waals surface area contributed by atoms with Crippen molar-refractivity contribution < 1.29 is 18.7 Å². The largest absolute Gasteiger partial charge is 0.489 e. The van der Waals surface area contributed by atoms with Gasteiger partial charge in [-0.2, -0.15) is 0 Å². The van der Waals surface area contributed by atoms with Crippen LogP contribution in [0.2, 0.25) is 5.02 Å². The summed E-state index contributed by atoms with van der Waals surface area (Å²) in [5, 5.41) is 0.212. The fraction of sp³-hybridized carbons (Fsp3) is 0.160. The zero-order chi connectivity index (χ0) is 21.4. The van der Waals surface area contributed by atoms with Gasteiger partial charge in [-0.15, -0.1) is 0 Å². The lowest BCUT2D eigenvalue weighted by Gasteiger charge is -2.11. The molecule has 0 spiro atoms. The van der Waals surface area contributed by atoms with Crippen LogP contribution in [0.25, 0.3) is 6.08 Å². The van der Waals surface area contributed by atoms with E-state index >= 15 is 0 Å². The second kappa shape index (κ2) is 7.96. The molecule has 0 amide bonds. The summed E-state index contributed by atoms with van der Waals surface area (Å²) in [7, 11) is 0. The first-order valence-corrected chi connectivity index (χ1v) is 9.93. The summed E-state index contributed by atoms with van der Waals surface area (Å²) in [6.45, 7) is 6.31. The topological polar surface area (TPSA) is 35.5 Å². The Bertz CT molecular complexity index is 1180. The van der Waals surface area contributed by atoms with Gasteiger partial charge in [0.25, 0.3) is 0 Å². The minimum absolute atomic E-state index is 0.0341. The van der Waals surface area contributed by atoms with Crippen molar-refractivity contribution in [2.24, 2.45) is 0 Å². The number of rotatable bonds is 4. The summed E-state index contributed by atoms with van der Waals surface area (Å²) < 4.78 is 25.8. The Hall–Kier alpha value is -3.11. The van der Waals surface area contributed by atoms with Crippen LogP contribution in [0.1, 0.15) is 38.2 Å². The van der Waals surface area contributed by atoms with Crippen molar-refractivity contribution in [3.8, 4) is 11.5 Å². The molecule has 3 aromatic carbocycles. The first kappa shape index (κ1) is 20.2. The molecular formula is C25H20ClFO3. The maximum atomic E-state index is 14.1. The van der Waals surface area contributed by atoms with Gasteiger partial charge < -0.3 is 9.47 Å². The molecule has 152 valence electrons. The number of aryl methyl sites for hydroxylation is 3. The molecular weight excluding hydrogens is 403 g/mol. The van der Waals surface area contributed by atoms with E-state index in [2.05, 4.69) is 18.2 Å². The Labute approximate surface area is 179 Å². The minimum Gasteiger partial charge on any atom is -0.489 e. The number of ketones is 1. The van der Waals surface area contributed by atoms with Crippen LogP contribution in [-0.2, 0) is 6.61 Å². The molecule has 0 unspecified atom stereocenters. The highest BCUT2D eigenvalue weighted by atomic mass is 35.5. The van der Waals surface area contributed by atoms with Gasteiger partial charge in [0.05, 0.1) is 10.6 Å². The molecule has 5 heteroatoms. The van der Waals surface area contributed by atoms with Gasteiger partial charge in [-0.05, 0) is 61.7 Å².